The van der Waals surface area contributed by atoms with E-state index in [0.717, 1.165) is 12.1 Å². The number of hydrogen-bond donors (Lipinski definition) is 0. The third-order valence-corrected chi connectivity index (χ3v) is 3.39. The largest absolute Gasteiger partial charge is 0.282 e. The Balaban J connectivity index is 2.28. The van der Waals surface area contributed by atoms with Crippen LogP contribution in [-0.4, -0.2) is 19.6 Å². The van der Waals surface area contributed by atoms with Crippen molar-refractivity contribution in [3.63, 3.8) is 0 Å². The Morgan fingerprint density at radius 2 is 1.89 bits per heavy atom. The number of aromatic nitrogens is 1. The second kappa shape index (κ2) is 5.05. The molecule has 0 N–H and O–H groups in total. The second-order valence-electron chi connectivity index (χ2n) is 3.45. The highest BCUT2D eigenvalue weighted by Gasteiger charge is 2.11. The van der Waals surface area contributed by atoms with Crippen molar-refractivity contribution in [1.82, 2.24) is 4.98 Å². The predicted molar refractivity (Wildman–Crippen MR) is 65.4 cm³/mol. The first-order valence-corrected chi connectivity index (χ1v) is 6.48. The van der Waals surface area contributed by atoms with Gasteiger partial charge in [0.15, 0.2) is 0 Å². The molecule has 0 saturated heterocycles. The fraction of sp³-hybridized carbons (Fsp3) is 0. The van der Waals surface area contributed by atoms with Crippen molar-refractivity contribution in [3.05, 3.63) is 60.2 Å². The molecule has 0 spiro atoms. The van der Waals surface area contributed by atoms with Gasteiger partial charge in [0.2, 0.25) is 0 Å². The minimum Gasteiger partial charge on any atom is -0.264 e. The molecule has 18 heavy (non-hydrogen) atoms. The van der Waals surface area contributed by atoms with Crippen LogP contribution >= 0.6 is 0 Å². The molecule has 0 aliphatic rings. The van der Waals surface area contributed by atoms with Gasteiger partial charge in [-0.3, -0.25) is 4.98 Å². The maximum atomic E-state index is 12.7. The van der Waals surface area contributed by atoms with Gasteiger partial charge in [-0.25, -0.2) is 4.39 Å². The minimum atomic E-state index is -3.80. The molecular formula is C12H9FN2O2S. The van der Waals surface area contributed by atoms with Gasteiger partial charge < -0.3 is 0 Å². The lowest BCUT2D eigenvalue weighted by Crippen LogP contribution is -1.98. The van der Waals surface area contributed by atoms with Gasteiger partial charge in [-0.1, -0.05) is 6.07 Å². The molecule has 0 amide bonds. The van der Waals surface area contributed by atoms with E-state index >= 15 is 0 Å². The first-order chi connectivity index (χ1) is 8.58. The van der Waals surface area contributed by atoms with Crippen LogP contribution in [0.25, 0.3) is 0 Å². The van der Waals surface area contributed by atoms with Crippen LogP contribution in [0.4, 0.5) is 4.39 Å². The van der Waals surface area contributed by atoms with Crippen molar-refractivity contribution < 1.29 is 12.8 Å². The van der Waals surface area contributed by atoms with E-state index in [1.807, 2.05) is 0 Å². The molecule has 0 unspecified atom stereocenters. The van der Waals surface area contributed by atoms with E-state index in [1.165, 1.54) is 24.5 Å². The van der Waals surface area contributed by atoms with E-state index < -0.39 is 15.8 Å². The van der Waals surface area contributed by atoms with Crippen molar-refractivity contribution in [3.8, 4) is 0 Å². The van der Waals surface area contributed by atoms with E-state index in [2.05, 4.69) is 9.38 Å². The summed E-state index contributed by atoms with van der Waals surface area (Å²) in [6.45, 7) is 0. The molecule has 0 bridgehead atoms. The number of halogens is 1. The van der Waals surface area contributed by atoms with Crippen LogP contribution in [0.3, 0.4) is 0 Å². The molecule has 1 aromatic heterocycles. The summed E-state index contributed by atoms with van der Waals surface area (Å²) < 4.78 is 39.7. The summed E-state index contributed by atoms with van der Waals surface area (Å²) in [7, 11) is -3.80. The highest BCUT2D eigenvalue weighted by molar-refractivity contribution is 7.90. The number of sulfonamides is 1. The summed E-state index contributed by atoms with van der Waals surface area (Å²) in [5, 5.41) is 0. The zero-order valence-corrected chi connectivity index (χ0v) is 10.0. The average Bonchev–Trinajstić information content (AvgIpc) is 2.38. The lowest BCUT2D eigenvalue weighted by molar-refractivity contribution is 0.597. The van der Waals surface area contributed by atoms with Crippen LogP contribution in [0, 0.1) is 5.82 Å². The second-order valence-corrected chi connectivity index (χ2v) is 5.08. The van der Waals surface area contributed by atoms with E-state index in [0.29, 0.717) is 5.56 Å². The molecule has 92 valence electrons. The Morgan fingerprint density at radius 1 is 1.17 bits per heavy atom. The number of hydrogen-bond acceptors (Lipinski definition) is 3. The maximum Gasteiger partial charge on any atom is 0.282 e. The zero-order chi connectivity index (χ0) is 13.0. The Morgan fingerprint density at radius 3 is 2.50 bits per heavy atom. The smallest absolute Gasteiger partial charge is 0.264 e. The molecular weight excluding hydrogens is 255 g/mol. The lowest BCUT2D eigenvalue weighted by Gasteiger charge is -1.97. The average molecular weight is 264 g/mol. The van der Waals surface area contributed by atoms with Gasteiger partial charge in [-0.05, 0) is 30.3 Å². The topological polar surface area (TPSA) is 59.4 Å². The Kier molecular flexibility index (Phi) is 3.47. The summed E-state index contributed by atoms with van der Waals surface area (Å²) in [4.78, 5) is 3.78. The monoisotopic (exact) mass is 264 g/mol. The van der Waals surface area contributed by atoms with Crippen molar-refractivity contribution in [1.29, 1.82) is 0 Å². The first kappa shape index (κ1) is 12.4. The van der Waals surface area contributed by atoms with Gasteiger partial charge in [0.05, 0.1) is 4.90 Å². The third kappa shape index (κ3) is 2.98. The van der Waals surface area contributed by atoms with Gasteiger partial charge in [-0.15, -0.1) is 0 Å². The molecule has 2 rings (SSSR count). The first-order valence-electron chi connectivity index (χ1n) is 5.04. The molecule has 0 atom stereocenters. The lowest BCUT2D eigenvalue weighted by atomic mass is 10.3. The molecule has 0 saturated carbocycles. The van der Waals surface area contributed by atoms with Gasteiger partial charge in [0.25, 0.3) is 10.0 Å². The van der Waals surface area contributed by atoms with Crippen LogP contribution < -0.4 is 0 Å². The molecule has 0 radical (unpaired) electrons. The van der Waals surface area contributed by atoms with Crippen molar-refractivity contribution >= 4 is 16.2 Å². The predicted octanol–water partition coefficient (Wildman–Crippen LogP) is 2.03. The molecule has 0 fully saturated rings. The number of nitrogens with zero attached hydrogens (tertiary/aromatic N) is 2. The van der Waals surface area contributed by atoms with E-state index in [1.54, 1.807) is 18.3 Å². The summed E-state index contributed by atoms with van der Waals surface area (Å²) in [5.41, 5.74) is 0.572. The quantitative estimate of drug-likeness (QED) is 0.797. The fourth-order valence-corrected chi connectivity index (χ4v) is 2.11. The van der Waals surface area contributed by atoms with Crippen LogP contribution in [0.15, 0.2) is 58.1 Å². The number of rotatable bonds is 3. The molecule has 0 aliphatic heterocycles. The molecule has 4 nitrogen and oxygen atoms in total. The van der Waals surface area contributed by atoms with Gasteiger partial charge >= 0.3 is 0 Å². The van der Waals surface area contributed by atoms with Crippen LogP contribution in [-0.2, 0) is 10.0 Å². The van der Waals surface area contributed by atoms with Crippen molar-refractivity contribution in [2.75, 3.05) is 0 Å². The molecule has 1 heterocycles. The summed E-state index contributed by atoms with van der Waals surface area (Å²) >= 11 is 0. The summed E-state index contributed by atoms with van der Waals surface area (Å²) in [5.74, 6) is -0.495. The van der Waals surface area contributed by atoms with E-state index in [4.69, 9.17) is 0 Å². The number of pyridine rings is 1. The Bertz CT molecular complexity index is 652. The highest BCUT2D eigenvalue weighted by Crippen LogP contribution is 2.12. The molecule has 2 aromatic rings. The van der Waals surface area contributed by atoms with Crippen molar-refractivity contribution in [2.24, 2.45) is 4.40 Å². The SMILES string of the molecule is O=S(=O)(N=Cc1cccnc1)c1ccc(F)cc1. The zero-order valence-electron chi connectivity index (χ0n) is 9.19. The van der Waals surface area contributed by atoms with Gasteiger partial charge in [0, 0.05) is 24.2 Å². The van der Waals surface area contributed by atoms with Crippen LogP contribution in [0.2, 0.25) is 0 Å². The van der Waals surface area contributed by atoms with Crippen LogP contribution in [0.1, 0.15) is 5.56 Å². The Hall–Kier alpha value is -2.08. The molecule has 6 heteroatoms. The maximum absolute atomic E-state index is 12.7. The minimum absolute atomic E-state index is 0.0518. The normalized spacial score (nSPS) is 11.8. The summed E-state index contributed by atoms with van der Waals surface area (Å²) in [6.07, 6.45) is 4.27. The van der Waals surface area contributed by atoms with Crippen LogP contribution in [0.5, 0.6) is 0 Å². The fourth-order valence-electron chi connectivity index (χ4n) is 1.25. The highest BCUT2D eigenvalue weighted by atomic mass is 32.2. The molecule has 0 aliphatic carbocycles. The molecule has 1 aromatic carbocycles. The third-order valence-electron chi connectivity index (χ3n) is 2.14. The number of benzene rings is 1. The van der Waals surface area contributed by atoms with E-state index in [-0.39, 0.29) is 4.90 Å². The summed E-state index contributed by atoms with van der Waals surface area (Å²) in [6, 6.07) is 7.85. The van der Waals surface area contributed by atoms with Gasteiger partial charge in [0.1, 0.15) is 5.82 Å². The van der Waals surface area contributed by atoms with Gasteiger partial charge in [-0.2, -0.15) is 12.8 Å². The Labute approximate surface area is 104 Å². The van der Waals surface area contributed by atoms with Crippen molar-refractivity contribution in [2.45, 2.75) is 4.90 Å². The standard InChI is InChI=1S/C12H9FN2O2S/c13-11-3-5-12(6-4-11)18(16,17)15-9-10-2-1-7-14-8-10/h1-9H. The van der Waals surface area contributed by atoms with E-state index in [9.17, 15) is 12.8 Å².